The van der Waals surface area contributed by atoms with Gasteiger partial charge < -0.3 is 9.55 Å². The lowest BCUT2D eigenvalue weighted by Gasteiger charge is -2.15. The molecule has 1 unspecified atom stereocenters. The minimum Gasteiger partial charge on any atom is -0.335 e. The van der Waals surface area contributed by atoms with Gasteiger partial charge in [-0.05, 0) is 37.9 Å². The highest BCUT2D eigenvalue weighted by atomic mass is 32.1. The van der Waals surface area contributed by atoms with E-state index in [1.807, 2.05) is 0 Å². The minimum atomic E-state index is 0.611. The van der Waals surface area contributed by atoms with Crippen molar-refractivity contribution in [2.45, 2.75) is 45.6 Å². The van der Waals surface area contributed by atoms with Crippen LogP contribution < -0.4 is 0 Å². The Balaban J connectivity index is 2.16. The topological polar surface area (TPSA) is 20.7 Å². The second-order valence-corrected chi connectivity index (χ2v) is 4.78. The molecule has 0 bridgehead atoms. The predicted molar refractivity (Wildman–Crippen MR) is 61.0 cm³/mol. The van der Waals surface area contributed by atoms with Gasteiger partial charge in [0.2, 0.25) is 0 Å². The summed E-state index contributed by atoms with van der Waals surface area (Å²) < 4.78 is 3.12. The Morgan fingerprint density at radius 1 is 1.64 bits per heavy atom. The molecule has 2 nitrogen and oxygen atoms in total. The third-order valence-corrected chi connectivity index (χ3v) is 3.35. The molecule has 14 heavy (non-hydrogen) atoms. The molecule has 3 heteroatoms. The molecule has 0 aromatic carbocycles. The number of nitrogens with one attached hydrogen (secondary N) is 1. The standard InChI is InChI=1S/C11H18N2S/c1-3-10(6-9-4-5-9)13-7-8(2)12-11(13)14/h7,9-10H,3-6H2,1-2H3,(H,12,14). The van der Waals surface area contributed by atoms with Gasteiger partial charge in [0.15, 0.2) is 4.77 Å². The fraction of sp³-hybridized carbons (Fsp3) is 0.727. The van der Waals surface area contributed by atoms with Crippen molar-refractivity contribution >= 4 is 12.2 Å². The lowest BCUT2D eigenvalue weighted by Crippen LogP contribution is -2.07. The van der Waals surface area contributed by atoms with Gasteiger partial charge >= 0.3 is 0 Å². The molecular formula is C11H18N2S. The lowest BCUT2D eigenvalue weighted by atomic mass is 10.1. The first-order valence-corrected chi connectivity index (χ1v) is 5.89. The molecule has 0 spiro atoms. The molecule has 0 amide bonds. The number of hydrogen-bond acceptors (Lipinski definition) is 1. The molecule has 0 radical (unpaired) electrons. The fourth-order valence-corrected chi connectivity index (χ4v) is 2.38. The van der Waals surface area contributed by atoms with Gasteiger partial charge in [0.1, 0.15) is 0 Å². The molecule has 1 saturated carbocycles. The number of H-pyrrole nitrogens is 1. The number of hydrogen-bond donors (Lipinski definition) is 1. The average Bonchev–Trinajstić information content (AvgIpc) is 2.89. The van der Waals surface area contributed by atoms with Crippen LogP contribution in [0.1, 0.15) is 44.3 Å². The summed E-state index contributed by atoms with van der Waals surface area (Å²) in [4.78, 5) is 3.19. The molecule has 1 aromatic heterocycles. The van der Waals surface area contributed by atoms with Gasteiger partial charge in [-0.1, -0.05) is 19.8 Å². The summed E-state index contributed by atoms with van der Waals surface area (Å²) >= 11 is 5.30. The Morgan fingerprint density at radius 3 is 2.79 bits per heavy atom. The zero-order valence-corrected chi connectivity index (χ0v) is 9.73. The first-order valence-electron chi connectivity index (χ1n) is 5.48. The van der Waals surface area contributed by atoms with E-state index in [2.05, 4.69) is 29.6 Å². The third-order valence-electron chi connectivity index (χ3n) is 3.04. The molecule has 1 aliphatic carbocycles. The van der Waals surface area contributed by atoms with Gasteiger partial charge in [0.05, 0.1) is 0 Å². The van der Waals surface area contributed by atoms with E-state index in [1.165, 1.54) is 31.4 Å². The van der Waals surface area contributed by atoms with E-state index in [-0.39, 0.29) is 0 Å². The summed E-state index contributed by atoms with van der Waals surface area (Å²) in [6.45, 7) is 4.31. The van der Waals surface area contributed by atoms with Gasteiger partial charge in [-0.2, -0.15) is 0 Å². The Kier molecular flexibility index (Phi) is 2.77. The predicted octanol–water partition coefficient (Wildman–Crippen LogP) is 3.61. The van der Waals surface area contributed by atoms with Crippen molar-refractivity contribution < 1.29 is 0 Å². The van der Waals surface area contributed by atoms with Crippen molar-refractivity contribution in [2.75, 3.05) is 0 Å². The highest BCUT2D eigenvalue weighted by Gasteiger charge is 2.25. The van der Waals surface area contributed by atoms with Crippen molar-refractivity contribution in [2.24, 2.45) is 5.92 Å². The second-order valence-electron chi connectivity index (χ2n) is 4.39. The van der Waals surface area contributed by atoms with E-state index in [0.717, 1.165) is 10.7 Å². The van der Waals surface area contributed by atoms with Crippen molar-refractivity contribution in [1.82, 2.24) is 9.55 Å². The summed E-state index contributed by atoms with van der Waals surface area (Å²) in [6.07, 6.45) is 7.49. The van der Waals surface area contributed by atoms with E-state index in [9.17, 15) is 0 Å². The molecular weight excluding hydrogens is 192 g/mol. The minimum absolute atomic E-state index is 0.611. The highest BCUT2D eigenvalue weighted by Crippen LogP contribution is 2.37. The number of rotatable bonds is 4. The van der Waals surface area contributed by atoms with Crippen LogP contribution in [0.25, 0.3) is 0 Å². The quantitative estimate of drug-likeness (QED) is 0.753. The average molecular weight is 210 g/mol. The highest BCUT2D eigenvalue weighted by molar-refractivity contribution is 7.71. The largest absolute Gasteiger partial charge is 0.335 e. The maximum Gasteiger partial charge on any atom is 0.177 e. The van der Waals surface area contributed by atoms with Gasteiger partial charge in [-0.25, -0.2) is 0 Å². The Hall–Kier alpha value is -0.570. The Labute approximate surface area is 90.3 Å². The zero-order chi connectivity index (χ0) is 10.1. The summed E-state index contributed by atoms with van der Waals surface area (Å²) in [5.74, 6) is 0.969. The van der Waals surface area contributed by atoms with Crippen LogP contribution in [0, 0.1) is 17.6 Å². The molecule has 2 rings (SSSR count). The van der Waals surface area contributed by atoms with E-state index in [1.54, 1.807) is 0 Å². The third kappa shape index (κ3) is 2.08. The van der Waals surface area contributed by atoms with Crippen LogP contribution in [0.2, 0.25) is 0 Å². The van der Waals surface area contributed by atoms with Crippen molar-refractivity contribution in [1.29, 1.82) is 0 Å². The van der Waals surface area contributed by atoms with Crippen LogP contribution in [0.3, 0.4) is 0 Å². The summed E-state index contributed by atoms with van der Waals surface area (Å²) in [5.41, 5.74) is 1.17. The Morgan fingerprint density at radius 2 is 2.36 bits per heavy atom. The number of aromatic nitrogens is 2. The summed E-state index contributed by atoms with van der Waals surface area (Å²) in [5, 5.41) is 0. The van der Waals surface area contributed by atoms with E-state index < -0.39 is 0 Å². The van der Waals surface area contributed by atoms with Crippen LogP contribution in [-0.2, 0) is 0 Å². The molecule has 1 N–H and O–H groups in total. The maximum atomic E-state index is 5.30. The van der Waals surface area contributed by atoms with E-state index in [0.29, 0.717) is 6.04 Å². The van der Waals surface area contributed by atoms with Gasteiger partial charge in [0, 0.05) is 17.9 Å². The number of imidazole rings is 1. The normalized spacial score (nSPS) is 18.4. The maximum absolute atomic E-state index is 5.30. The summed E-state index contributed by atoms with van der Waals surface area (Å²) in [6, 6.07) is 0.611. The van der Waals surface area contributed by atoms with Gasteiger partial charge in [0.25, 0.3) is 0 Å². The van der Waals surface area contributed by atoms with E-state index >= 15 is 0 Å². The monoisotopic (exact) mass is 210 g/mol. The van der Waals surface area contributed by atoms with Crippen molar-refractivity contribution in [3.05, 3.63) is 16.7 Å². The fourth-order valence-electron chi connectivity index (χ4n) is 2.02. The van der Waals surface area contributed by atoms with Crippen LogP contribution >= 0.6 is 12.2 Å². The van der Waals surface area contributed by atoms with E-state index in [4.69, 9.17) is 12.2 Å². The zero-order valence-electron chi connectivity index (χ0n) is 8.92. The second kappa shape index (κ2) is 3.89. The first-order chi connectivity index (χ1) is 6.70. The molecule has 0 aliphatic heterocycles. The van der Waals surface area contributed by atoms with Crippen LogP contribution in [0.4, 0.5) is 0 Å². The van der Waals surface area contributed by atoms with Gasteiger partial charge in [-0.15, -0.1) is 0 Å². The molecule has 1 fully saturated rings. The van der Waals surface area contributed by atoms with Crippen LogP contribution in [0.5, 0.6) is 0 Å². The molecule has 1 heterocycles. The van der Waals surface area contributed by atoms with Crippen molar-refractivity contribution in [3.63, 3.8) is 0 Å². The first kappa shape index (κ1) is 9.97. The molecule has 1 aromatic rings. The SMILES string of the molecule is CCC(CC1CC1)n1cc(C)[nH]c1=S. The lowest BCUT2D eigenvalue weighted by molar-refractivity contribution is 0.424. The number of nitrogens with zero attached hydrogens (tertiary/aromatic N) is 1. The number of aryl methyl sites for hydroxylation is 1. The number of aromatic amines is 1. The van der Waals surface area contributed by atoms with Crippen LogP contribution in [-0.4, -0.2) is 9.55 Å². The molecule has 1 atom stereocenters. The summed E-state index contributed by atoms with van der Waals surface area (Å²) in [7, 11) is 0. The molecule has 1 aliphatic rings. The Bertz CT molecular complexity index is 360. The van der Waals surface area contributed by atoms with Crippen LogP contribution in [0.15, 0.2) is 6.20 Å². The van der Waals surface area contributed by atoms with Gasteiger partial charge in [-0.3, -0.25) is 0 Å². The molecule has 0 saturated heterocycles. The van der Waals surface area contributed by atoms with Crippen molar-refractivity contribution in [3.8, 4) is 0 Å². The smallest absolute Gasteiger partial charge is 0.177 e. The molecule has 78 valence electrons.